The van der Waals surface area contributed by atoms with Crippen LogP contribution >= 0.6 is 15.9 Å². The van der Waals surface area contributed by atoms with Gasteiger partial charge in [-0.1, -0.05) is 6.07 Å². The highest BCUT2D eigenvalue weighted by Gasteiger charge is 2.25. The van der Waals surface area contributed by atoms with Crippen LogP contribution < -0.4 is 5.32 Å². The lowest BCUT2D eigenvalue weighted by Crippen LogP contribution is -2.35. The van der Waals surface area contributed by atoms with E-state index in [1.54, 1.807) is 25.1 Å². The molecule has 0 radical (unpaired) electrons. The van der Waals surface area contributed by atoms with Crippen molar-refractivity contribution in [2.75, 3.05) is 26.0 Å². The Morgan fingerprint density at radius 2 is 1.96 bits per heavy atom. The average Bonchev–Trinajstić information content (AvgIpc) is 2.61. The molecule has 27 heavy (non-hydrogen) atoms. The van der Waals surface area contributed by atoms with Gasteiger partial charge in [-0.05, 0) is 53.2 Å². The van der Waals surface area contributed by atoms with E-state index >= 15 is 0 Å². The molecule has 10 heteroatoms. The smallest absolute Gasteiger partial charge is 0.339 e. The van der Waals surface area contributed by atoms with Crippen molar-refractivity contribution in [2.24, 2.45) is 0 Å². The van der Waals surface area contributed by atoms with Crippen LogP contribution in [0.15, 0.2) is 45.8 Å². The summed E-state index contributed by atoms with van der Waals surface area (Å²) in [5.74, 6) is -0.878. The second-order valence-corrected chi connectivity index (χ2v) is 8.51. The topological polar surface area (TPSA) is 106 Å². The Morgan fingerprint density at radius 3 is 2.59 bits per heavy atom. The van der Waals surface area contributed by atoms with Crippen molar-refractivity contribution < 1.29 is 22.7 Å². The van der Waals surface area contributed by atoms with Gasteiger partial charge in [-0.25, -0.2) is 18.2 Å². The van der Waals surface area contributed by atoms with Gasteiger partial charge in [-0.2, -0.15) is 4.31 Å². The van der Waals surface area contributed by atoms with Crippen molar-refractivity contribution in [1.29, 1.82) is 0 Å². The number of carbonyl (C=O) groups is 2. The summed E-state index contributed by atoms with van der Waals surface area (Å²) >= 11 is 3.18. The van der Waals surface area contributed by atoms with E-state index < -0.39 is 28.4 Å². The number of esters is 1. The number of nitrogens with one attached hydrogen (secondary N) is 1. The number of benzene rings is 1. The van der Waals surface area contributed by atoms with Gasteiger partial charge in [0.2, 0.25) is 15.9 Å². The van der Waals surface area contributed by atoms with Crippen LogP contribution in [0.2, 0.25) is 0 Å². The van der Waals surface area contributed by atoms with Crippen molar-refractivity contribution in [1.82, 2.24) is 9.29 Å². The summed E-state index contributed by atoms with van der Waals surface area (Å²) in [4.78, 5) is 27.9. The lowest BCUT2D eigenvalue weighted by molar-refractivity contribution is -0.116. The molecule has 2 aromatic rings. The molecule has 0 aliphatic rings. The molecule has 144 valence electrons. The van der Waals surface area contributed by atoms with Gasteiger partial charge >= 0.3 is 5.97 Å². The molecule has 8 nitrogen and oxygen atoms in total. The zero-order chi connectivity index (χ0) is 20.2. The molecule has 2 rings (SSSR count). The van der Waals surface area contributed by atoms with Gasteiger partial charge in [0, 0.05) is 17.2 Å². The number of carbonyl (C=O) groups excluding carboxylic acids is 2. The number of hydrogen-bond acceptors (Lipinski definition) is 6. The first-order valence-corrected chi connectivity index (χ1v) is 9.96. The van der Waals surface area contributed by atoms with Crippen molar-refractivity contribution in [3.05, 3.63) is 52.1 Å². The predicted molar refractivity (Wildman–Crippen MR) is 103 cm³/mol. The fraction of sp³-hybridized carbons (Fsp3) is 0.235. The molecular formula is C17H18BrN3O5S. The van der Waals surface area contributed by atoms with Gasteiger partial charge in [0.15, 0.2) is 0 Å². The number of hydrogen-bond donors (Lipinski definition) is 1. The molecule has 0 aliphatic heterocycles. The van der Waals surface area contributed by atoms with Gasteiger partial charge in [-0.15, -0.1) is 0 Å². The number of pyridine rings is 1. The molecule has 0 unspecified atom stereocenters. The van der Waals surface area contributed by atoms with E-state index in [4.69, 9.17) is 0 Å². The number of nitrogens with zero attached hydrogens (tertiary/aromatic N) is 2. The lowest BCUT2D eigenvalue weighted by Gasteiger charge is -2.17. The lowest BCUT2D eigenvalue weighted by atomic mass is 10.2. The fourth-order valence-electron chi connectivity index (χ4n) is 2.19. The highest BCUT2D eigenvalue weighted by molar-refractivity contribution is 9.10. The highest BCUT2D eigenvalue weighted by Crippen LogP contribution is 2.23. The monoisotopic (exact) mass is 455 g/mol. The van der Waals surface area contributed by atoms with E-state index in [0.717, 1.165) is 10.00 Å². The minimum atomic E-state index is -3.99. The van der Waals surface area contributed by atoms with E-state index in [1.807, 2.05) is 0 Å². The van der Waals surface area contributed by atoms with E-state index in [0.29, 0.717) is 10.3 Å². The number of likely N-dealkylation sites (N-methyl/N-ethyl adjacent to an activating group) is 1. The number of aromatic nitrogens is 1. The Balaban J connectivity index is 2.18. The second-order valence-electron chi connectivity index (χ2n) is 5.61. The van der Waals surface area contributed by atoms with Gasteiger partial charge in [0.05, 0.1) is 24.1 Å². The fourth-order valence-corrected chi connectivity index (χ4v) is 3.76. The third kappa shape index (κ3) is 5.12. The molecule has 0 saturated heterocycles. The molecule has 1 amide bonds. The number of rotatable bonds is 6. The van der Waals surface area contributed by atoms with E-state index in [2.05, 4.69) is 31.0 Å². The maximum absolute atomic E-state index is 12.7. The molecule has 1 aromatic heterocycles. The summed E-state index contributed by atoms with van der Waals surface area (Å²) < 4.78 is 31.4. The van der Waals surface area contributed by atoms with Crippen molar-refractivity contribution >= 4 is 43.6 Å². The molecule has 1 N–H and O–H groups in total. The van der Waals surface area contributed by atoms with Gasteiger partial charge in [0.25, 0.3) is 0 Å². The van der Waals surface area contributed by atoms with E-state index in [9.17, 15) is 18.0 Å². The van der Waals surface area contributed by atoms with Crippen LogP contribution in [0.4, 0.5) is 5.82 Å². The minimum absolute atomic E-state index is 0.0698. The van der Waals surface area contributed by atoms with Gasteiger partial charge < -0.3 is 10.1 Å². The first-order valence-electron chi connectivity index (χ1n) is 7.73. The quantitative estimate of drug-likeness (QED) is 0.669. The Morgan fingerprint density at radius 1 is 1.26 bits per heavy atom. The van der Waals surface area contributed by atoms with Crippen molar-refractivity contribution in [3.8, 4) is 0 Å². The van der Waals surface area contributed by atoms with Crippen LogP contribution in [0.3, 0.4) is 0 Å². The van der Waals surface area contributed by atoms with E-state index in [-0.39, 0.29) is 10.5 Å². The number of sulfonamides is 1. The van der Waals surface area contributed by atoms with Crippen LogP contribution in [0, 0.1) is 6.92 Å². The van der Waals surface area contributed by atoms with Gasteiger partial charge in [-0.3, -0.25) is 4.79 Å². The zero-order valence-corrected chi connectivity index (χ0v) is 17.3. The summed E-state index contributed by atoms with van der Waals surface area (Å²) in [6, 6.07) is 9.08. The average molecular weight is 456 g/mol. The van der Waals surface area contributed by atoms with E-state index in [1.165, 1.54) is 32.4 Å². The summed E-state index contributed by atoms with van der Waals surface area (Å²) in [5, 5.41) is 2.55. The molecule has 0 atom stereocenters. The van der Waals surface area contributed by atoms with Crippen molar-refractivity contribution in [2.45, 2.75) is 11.8 Å². The molecule has 1 heterocycles. The summed E-state index contributed by atoms with van der Waals surface area (Å²) in [5.41, 5.74) is 0.791. The standard InChI is InChI=1S/C17H18BrN3O5S/c1-11-5-4-6-15(19-11)20-16(22)10-21(2)27(24,25)12-7-8-14(18)13(9-12)17(23)26-3/h4-9H,10H2,1-3H3,(H,19,20,22). The molecule has 0 fully saturated rings. The summed E-state index contributed by atoms with van der Waals surface area (Å²) in [6.45, 7) is 1.36. The normalized spacial score (nSPS) is 11.3. The first-order chi connectivity index (χ1) is 12.6. The van der Waals surface area contributed by atoms with Crippen LogP contribution in [-0.2, 0) is 19.6 Å². The minimum Gasteiger partial charge on any atom is -0.465 e. The Kier molecular flexibility index (Phi) is 6.68. The Labute approximate surface area is 165 Å². The maximum atomic E-state index is 12.7. The number of anilines is 1. The number of ether oxygens (including phenoxy) is 1. The van der Waals surface area contributed by atoms with Crippen molar-refractivity contribution in [3.63, 3.8) is 0 Å². The van der Waals surface area contributed by atoms with Crippen LogP contribution in [0.5, 0.6) is 0 Å². The predicted octanol–water partition coefficient (Wildman–Crippen LogP) is 2.20. The summed E-state index contributed by atoms with van der Waals surface area (Å²) in [6.07, 6.45) is 0. The zero-order valence-electron chi connectivity index (χ0n) is 14.9. The molecular weight excluding hydrogens is 438 g/mol. The molecule has 0 spiro atoms. The third-order valence-corrected chi connectivity index (χ3v) is 6.06. The number of methoxy groups -OCH3 is 1. The van der Waals surface area contributed by atoms with Gasteiger partial charge in [0.1, 0.15) is 5.82 Å². The number of aryl methyl sites for hydroxylation is 1. The first kappa shape index (κ1) is 21.0. The molecule has 0 aliphatic carbocycles. The SMILES string of the molecule is COC(=O)c1cc(S(=O)(=O)N(C)CC(=O)Nc2cccc(C)n2)ccc1Br. The number of amides is 1. The van der Waals surface area contributed by atoms with Crippen LogP contribution in [0.25, 0.3) is 0 Å². The Hall–Kier alpha value is -2.30. The summed E-state index contributed by atoms with van der Waals surface area (Å²) in [7, 11) is -1.52. The molecule has 1 aromatic carbocycles. The number of halogens is 1. The van der Waals surface area contributed by atoms with Crippen LogP contribution in [0.1, 0.15) is 16.1 Å². The molecule has 0 bridgehead atoms. The Bertz CT molecular complexity index is 978. The van der Waals surface area contributed by atoms with Crippen LogP contribution in [-0.4, -0.2) is 50.3 Å². The maximum Gasteiger partial charge on any atom is 0.339 e. The highest BCUT2D eigenvalue weighted by atomic mass is 79.9. The molecule has 0 saturated carbocycles. The largest absolute Gasteiger partial charge is 0.465 e. The third-order valence-electron chi connectivity index (χ3n) is 3.57. The second kappa shape index (κ2) is 8.59.